The van der Waals surface area contributed by atoms with Gasteiger partial charge in [-0.15, -0.1) is 0 Å². The number of sulfonamides is 1. The molecule has 1 aromatic heterocycles. The molecule has 2 aromatic rings. The van der Waals surface area contributed by atoms with Crippen LogP contribution in [0.15, 0.2) is 22.4 Å². The molecule has 0 amide bonds. The van der Waals surface area contributed by atoms with Crippen LogP contribution in [-0.4, -0.2) is 13.4 Å². The van der Waals surface area contributed by atoms with Gasteiger partial charge in [-0.2, -0.15) is 0 Å². The van der Waals surface area contributed by atoms with Crippen LogP contribution in [0.25, 0.3) is 0 Å². The Kier molecular flexibility index (Phi) is 4.91. The molecule has 0 fully saturated rings. The summed E-state index contributed by atoms with van der Waals surface area (Å²) < 4.78 is 28.3. The molecule has 0 saturated carbocycles. The number of anilines is 1. The molecule has 0 aliphatic carbocycles. The standard InChI is InChI=1S/C14H17ClN2O2S2/c1-4-10-7-6-8-11(5-2)12(10)17-21(18,19)13-9(3)16-14(15)20-13/h6-8,17H,4-5H2,1-3H3. The zero-order valence-corrected chi connectivity index (χ0v) is 14.5. The van der Waals surface area contributed by atoms with Gasteiger partial charge in [-0.3, -0.25) is 4.72 Å². The number of benzene rings is 1. The maximum Gasteiger partial charge on any atom is 0.273 e. The molecule has 0 unspecified atom stereocenters. The molecule has 7 heteroatoms. The van der Waals surface area contributed by atoms with Gasteiger partial charge >= 0.3 is 0 Å². The second-order valence-electron chi connectivity index (χ2n) is 4.60. The molecule has 0 aliphatic rings. The van der Waals surface area contributed by atoms with Gasteiger partial charge in [0.1, 0.15) is 0 Å². The molecule has 0 bridgehead atoms. The third kappa shape index (κ3) is 3.39. The highest BCUT2D eigenvalue weighted by Gasteiger charge is 2.23. The van der Waals surface area contributed by atoms with Crippen LogP contribution in [0.1, 0.15) is 30.7 Å². The van der Waals surface area contributed by atoms with Crippen molar-refractivity contribution >= 4 is 38.6 Å². The van der Waals surface area contributed by atoms with Crippen LogP contribution in [-0.2, 0) is 22.9 Å². The molecule has 0 spiro atoms. The fraction of sp³-hybridized carbons (Fsp3) is 0.357. The monoisotopic (exact) mass is 344 g/mol. The number of hydrogen-bond acceptors (Lipinski definition) is 4. The fourth-order valence-corrected chi connectivity index (χ4v) is 5.04. The van der Waals surface area contributed by atoms with E-state index >= 15 is 0 Å². The molecule has 1 N–H and O–H groups in total. The first-order chi connectivity index (χ1) is 9.89. The van der Waals surface area contributed by atoms with Crippen molar-refractivity contribution in [1.82, 2.24) is 4.98 Å². The first-order valence-corrected chi connectivity index (χ1v) is 9.33. The van der Waals surface area contributed by atoms with Crippen LogP contribution >= 0.6 is 22.9 Å². The van der Waals surface area contributed by atoms with Gasteiger partial charge in [0, 0.05) is 0 Å². The lowest BCUT2D eigenvalue weighted by Crippen LogP contribution is -2.15. The third-order valence-corrected chi connectivity index (χ3v) is 6.43. The topological polar surface area (TPSA) is 59.1 Å². The summed E-state index contributed by atoms with van der Waals surface area (Å²) in [6.45, 7) is 5.65. The van der Waals surface area contributed by atoms with Gasteiger partial charge in [0.2, 0.25) is 0 Å². The van der Waals surface area contributed by atoms with Crippen LogP contribution in [0.5, 0.6) is 0 Å². The Bertz CT molecular complexity index is 732. The first kappa shape index (κ1) is 16.3. The average Bonchev–Trinajstić information content (AvgIpc) is 2.78. The van der Waals surface area contributed by atoms with Crippen molar-refractivity contribution in [3.8, 4) is 0 Å². The Balaban J connectivity index is 2.48. The van der Waals surface area contributed by atoms with E-state index < -0.39 is 10.0 Å². The summed E-state index contributed by atoms with van der Waals surface area (Å²) in [6, 6.07) is 5.82. The highest BCUT2D eigenvalue weighted by molar-refractivity contribution is 7.94. The van der Waals surface area contributed by atoms with Crippen LogP contribution in [0.3, 0.4) is 0 Å². The summed E-state index contributed by atoms with van der Waals surface area (Å²) >= 11 is 6.78. The van der Waals surface area contributed by atoms with E-state index in [0.29, 0.717) is 11.4 Å². The number of aryl methyl sites for hydroxylation is 3. The normalized spacial score (nSPS) is 11.6. The van der Waals surface area contributed by atoms with Crippen molar-refractivity contribution in [1.29, 1.82) is 0 Å². The molecule has 2 rings (SSSR count). The Morgan fingerprint density at radius 1 is 1.24 bits per heavy atom. The Labute approximate surface area is 134 Å². The van der Waals surface area contributed by atoms with E-state index in [2.05, 4.69) is 9.71 Å². The third-order valence-electron chi connectivity index (χ3n) is 3.21. The minimum Gasteiger partial charge on any atom is -0.278 e. The second-order valence-corrected chi connectivity index (χ2v) is 8.06. The van der Waals surface area contributed by atoms with E-state index in [1.165, 1.54) is 0 Å². The van der Waals surface area contributed by atoms with Crippen molar-refractivity contribution in [2.75, 3.05) is 4.72 Å². The van der Waals surface area contributed by atoms with E-state index in [4.69, 9.17) is 11.6 Å². The minimum absolute atomic E-state index is 0.167. The van der Waals surface area contributed by atoms with E-state index in [1.54, 1.807) is 6.92 Å². The Hall–Kier alpha value is -1.11. The number of halogens is 1. The largest absolute Gasteiger partial charge is 0.278 e. The fourth-order valence-electron chi connectivity index (χ4n) is 2.15. The lowest BCUT2D eigenvalue weighted by atomic mass is 10.0. The summed E-state index contributed by atoms with van der Waals surface area (Å²) in [5, 5.41) is 0. The van der Waals surface area contributed by atoms with Crippen LogP contribution in [0.4, 0.5) is 5.69 Å². The molecule has 0 atom stereocenters. The molecular weight excluding hydrogens is 328 g/mol. The van der Waals surface area contributed by atoms with Gasteiger partial charge in [0.15, 0.2) is 8.68 Å². The van der Waals surface area contributed by atoms with E-state index in [9.17, 15) is 8.42 Å². The predicted octanol–water partition coefficient (Wildman–Crippen LogP) is 4.03. The number of para-hydroxylation sites is 1. The molecule has 1 heterocycles. The van der Waals surface area contributed by atoms with Crippen LogP contribution < -0.4 is 4.72 Å². The number of thiazole rings is 1. The first-order valence-electron chi connectivity index (χ1n) is 6.65. The summed E-state index contributed by atoms with van der Waals surface area (Å²) in [4.78, 5) is 3.97. The van der Waals surface area contributed by atoms with Gasteiger partial charge in [0.25, 0.3) is 10.0 Å². The van der Waals surface area contributed by atoms with Crippen LogP contribution in [0.2, 0.25) is 4.47 Å². The maximum atomic E-state index is 12.6. The van der Waals surface area contributed by atoms with Gasteiger partial charge in [-0.05, 0) is 30.9 Å². The number of aromatic nitrogens is 1. The lowest BCUT2D eigenvalue weighted by molar-refractivity contribution is 0.602. The van der Waals surface area contributed by atoms with Crippen molar-refractivity contribution < 1.29 is 8.42 Å². The highest BCUT2D eigenvalue weighted by Crippen LogP contribution is 2.31. The van der Waals surface area contributed by atoms with E-state index in [-0.39, 0.29) is 8.68 Å². The number of rotatable bonds is 5. The molecule has 21 heavy (non-hydrogen) atoms. The summed E-state index contributed by atoms with van der Waals surface area (Å²) in [7, 11) is -3.67. The lowest BCUT2D eigenvalue weighted by Gasteiger charge is -2.15. The van der Waals surface area contributed by atoms with Gasteiger partial charge < -0.3 is 0 Å². The minimum atomic E-state index is -3.67. The van der Waals surface area contributed by atoms with Crippen molar-refractivity contribution in [2.24, 2.45) is 0 Å². The van der Waals surface area contributed by atoms with Gasteiger partial charge in [-0.25, -0.2) is 13.4 Å². The number of nitrogens with one attached hydrogen (secondary N) is 1. The molecular formula is C14H17ClN2O2S2. The molecule has 114 valence electrons. The van der Waals surface area contributed by atoms with E-state index in [0.717, 1.165) is 35.3 Å². The SMILES string of the molecule is CCc1cccc(CC)c1NS(=O)(=O)c1sc(Cl)nc1C. The zero-order valence-electron chi connectivity index (χ0n) is 12.1. The summed E-state index contributed by atoms with van der Waals surface area (Å²) in [5.41, 5.74) is 3.05. The zero-order chi connectivity index (χ0) is 15.6. The molecule has 4 nitrogen and oxygen atoms in total. The van der Waals surface area contributed by atoms with Gasteiger partial charge in [-0.1, -0.05) is 55.0 Å². The summed E-state index contributed by atoms with van der Waals surface area (Å²) in [5.74, 6) is 0. The number of nitrogens with zero attached hydrogens (tertiary/aromatic N) is 1. The smallest absolute Gasteiger partial charge is 0.273 e. The van der Waals surface area contributed by atoms with Crippen LogP contribution in [0, 0.1) is 6.92 Å². The quantitative estimate of drug-likeness (QED) is 0.890. The predicted molar refractivity (Wildman–Crippen MR) is 87.9 cm³/mol. The van der Waals surface area contributed by atoms with Crippen molar-refractivity contribution in [3.05, 3.63) is 39.5 Å². The van der Waals surface area contributed by atoms with Crippen molar-refractivity contribution in [2.45, 2.75) is 37.8 Å². The maximum absolute atomic E-state index is 12.6. The van der Waals surface area contributed by atoms with Crippen molar-refractivity contribution in [3.63, 3.8) is 0 Å². The second kappa shape index (κ2) is 6.34. The molecule has 0 saturated heterocycles. The Morgan fingerprint density at radius 3 is 2.24 bits per heavy atom. The average molecular weight is 345 g/mol. The van der Waals surface area contributed by atoms with E-state index in [1.807, 2.05) is 32.0 Å². The number of hydrogen-bond donors (Lipinski definition) is 1. The molecule has 0 aliphatic heterocycles. The molecule has 0 radical (unpaired) electrons. The molecule has 1 aromatic carbocycles. The Morgan fingerprint density at radius 2 is 1.81 bits per heavy atom. The van der Waals surface area contributed by atoms with Gasteiger partial charge in [0.05, 0.1) is 11.4 Å². The summed E-state index contributed by atoms with van der Waals surface area (Å²) in [6.07, 6.45) is 1.52. The highest BCUT2D eigenvalue weighted by atomic mass is 35.5.